The molecule has 32 heavy (non-hydrogen) atoms. The molecule has 3 aromatic rings. The number of nitriles is 1. The molecule has 0 radical (unpaired) electrons. The predicted octanol–water partition coefficient (Wildman–Crippen LogP) is 4.43. The molecule has 0 bridgehead atoms. The van der Waals surface area contributed by atoms with E-state index in [1.807, 2.05) is 26.0 Å². The number of carbonyl (C=O) groups excluding carboxylic acids is 2. The third-order valence-corrected chi connectivity index (χ3v) is 5.90. The monoisotopic (exact) mass is 451 g/mol. The number of carbonyl (C=O) groups is 2. The zero-order chi connectivity index (χ0) is 23.4. The number of methoxy groups -OCH3 is 1. The van der Waals surface area contributed by atoms with E-state index < -0.39 is 5.91 Å². The topological polar surface area (TPSA) is 109 Å². The minimum atomic E-state index is -0.525. The van der Waals surface area contributed by atoms with Gasteiger partial charge < -0.3 is 14.6 Å². The molecule has 3 rings (SSSR count). The molecule has 1 atom stereocenters. The van der Waals surface area contributed by atoms with Crippen LogP contribution in [0.5, 0.6) is 0 Å². The first kappa shape index (κ1) is 23.2. The summed E-state index contributed by atoms with van der Waals surface area (Å²) in [4.78, 5) is 28.4. The Labute approximate surface area is 190 Å². The van der Waals surface area contributed by atoms with Gasteiger partial charge in [0.15, 0.2) is 5.13 Å². The van der Waals surface area contributed by atoms with Crippen molar-refractivity contribution in [2.75, 3.05) is 24.4 Å². The van der Waals surface area contributed by atoms with Gasteiger partial charge in [-0.2, -0.15) is 5.26 Å². The van der Waals surface area contributed by atoms with E-state index in [0.29, 0.717) is 22.9 Å². The van der Waals surface area contributed by atoms with Crippen molar-refractivity contribution in [2.24, 2.45) is 0 Å². The highest BCUT2D eigenvalue weighted by molar-refractivity contribution is 7.22. The zero-order valence-electron chi connectivity index (χ0n) is 18.6. The molecule has 0 aliphatic rings. The van der Waals surface area contributed by atoms with Crippen molar-refractivity contribution in [3.8, 4) is 6.07 Å². The maximum absolute atomic E-state index is 12.8. The quantitative estimate of drug-likeness (QED) is 0.408. The van der Waals surface area contributed by atoms with Crippen LogP contribution >= 0.6 is 11.3 Å². The number of fused-ring (bicyclic) bond motifs is 1. The van der Waals surface area contributed by atoms with Crippen molar-refractivity contribution < 1.29 is 14.3 Å². The largest absolute Gasteiger partial charge is 0.383 e. The molecule has 2 amide bonds. The number of rotatable bonds is 7. The van der Waals surface area contributed by atoms with Crippen LogP contribution in [-0.2, 0) is 14.3 Å². The molecule has 0 aliphatic carbocycles. The summed E-state index contributed by atoms with van der Waals surface area (Å²) in [6, 6.07) is 9.38. The van der Waals surface area contributed by atoms with E-state index in [0.717, 1.165) is 21.7 Å². The Morgan fingerprint density at radius 2 is 2.06 bits per heavy atom. The third-order valence-electron chi connectivity index (χ3n) is 4.97. The van der Waals surface area contributed by atoms with Gasteiger partial charge in [-0.25, -0.2) is 4.98 Å². The van der Waals surface area contributed by atoms with Crippen LogP contribution in [0.15, 0.2) is 29.8 Å². The minimum absolute atomic E-state index is 0.0113. The lowest BCUT2D eigenvalue weighted by Gasteiger charge is -2.17. The van der Waals surface area contributed by atoms with E-state index in [2.05, 4.69) is 27.1 Å². The second-order valence-corrected chi connectivity index (χ2v) is 8.54. The summed E-state index contributed by atoms with van der Waals surface area (Å²) in [5.41, 5.74) is 4.12. The molecule has 8 nitrogen and oxygen atoms in total. The Kier molecular flexibility index (Phi) is 7.08. The normalized spacial score (nSPS) is 12.4. The molecule has 0 aliphatic heterocycles. The van der Waals surface area contributed by atoms with Crippen LogP contribution in [0.3, 0.4) is 0 Å². The molecule has 0 spiro atoms. The maximum Gasteiger partial charge on any atom is 0.268 e. The van der Waals surface area contributed by atoms with E-state index >= 15 is 0 Å². The number of amides is 2. The van der Waals surface area contributed by atoms with Gasteiger partial charge in [-0.3, -0.25) is 14.9 Å². The van der Waals surface area contributed by atoms with Crippen LogP contribution in [0, 0.1) is 25.2 Å². The summed E-state index contributed by atoms with van der Waals surface area (Å²) < 4.78 is 8.19. The lowest BCUT2D eigenvalue weighted by Crippen LogP contribution is -2.14. The zero-order valence-corrected chi connectivity index (χ0v) is 19.5. The number of thiazole rings is 1. The van der Waals surface area contributed by atoms with Crippen molar-refractivity contribution in [1.29, 1.82) is 5.26 Å². The standard InChI is InChI=1S/C23H25N5O3S/c1-13-8-17(15(3)28(13)14(2)12-31-5)9-18(11-24)22(30)27-23-26-20-7-6-19(25-16(4)29)10-21(20)32-23/h6-10,14H,12H2,1-5H3,(H,25,29)(H,26,27,30)/b18-9-. The highest BCUT2D eigenvalue weighted by atomic mass is 32.1. The van der Waals surface area contributed by atoms with Crippen molar-refractivity contribution in [2.45, 2.75) is 33.7 Å². The summed E-state index contributed by atoms with van der Waals surface area (Å²) in [6.07, 6.45) is 1.59. The number of aromatic nitrogens is 2. The summed E-state index contributed by atoms with van der Waals surface area (Å²) in [7, 11) is 1.66. The van der Waals surface area contributed by atoms with Gasteiger partial charge >= 0.3 is 0 Å². The Morgan fingerprint density at radius 3 is 2.72 bits per heavy atom. The number of ether oxygens (including phenoxy) is 1. The van der Waals surface area contributed by atoms with Gasteiger partial charge in [0.25, 0.3) is 5.91 Å². The number of aryl methyl sites for hydroxylation is 1. The molecule has 2 aromatic heterocycles. The average molecular weight is 452 g/mol. The minimum Gasteiger partial charge on any atom is -0.383 e. The van der Waals surface area contributed by atoms with Crippen LogP contribution in [0.4, 0.5) is 10.8 Å². The van der Waals surface area contributed by atoms with Gasteiger partial charge in [0, 0.05) is 31.1 Å². The average Bonchev–Trinajstić information content (AvgIpc) is 3.24. The maximum atomic E-state index is 12.8. The fourth-order valence-electron chi connectivity index (χ4n) is 3.67. The first-order valence-electron chi connectivity index (χ1n) is 10.0. The lowest BCUT2D eigenvalue weighted by atomic mass is 10.1. The molecule has 2 heterocycles. The summed E-state index contributed by atoms with van der Waals surface area (Å²) >= 11 is 1.27. The Bertz CT molecular complexity index is 1250. The predicted molar refractivity (Wildman–Crippen MR) is 127 cm³/mol. The third kappa shape index (κ3) is 5.04. The van der Waals surface area contributed by atoms with Crippen LogP contribution in [0.2, 0.25) is 0 Å². The molecular weight excluding hydrogens is 426 g/mol. The number of hydrogen-bond donors (Lipinski definition) is 2. The first-order chi connectivity index (χ1) is 15.2. The van der Waals surface area contributed by atoms with Gasteiger partial charge in [0.05, 0.1) is 22.9 Å². The van der Waals surface area contributed by atoms with E-state index in [9.17, 15) is 14.9 Å². The summed E-state index contributed by atoms with van der Waals surface area (Å²) in [5, 5.41) is 15.4. The van der Waals surface area contributed by atoms with Crippen molar-refractivity contribution >= 4 is 50.3 Å². The Morgan fingerprint density at radius 1 is 1.31 bits per heavy atom. The lowest BCUT2D eigenvalue weighted by molar-refractivity contribution is -0.114. The van der Waals surface area contributed by atoms with Crippen molar-refractivity contribution in [3.05, 3.63) is 46.8 Å². The van der Waals surface area contributed by atoms with Gasteiger partial charge in [0.2, 0.25) is 5.91 Å². The fraction of sp³-hybridized carbons (Fsp3) is 0.304. The number of hydrogen-bond acceptors (Lipinski definition) is 6. The van der Waals surface area contributed by atoms with E-state index in [1.54, 1.807) is 31.4 Å². The number of nitrogens with one attached hydrogen (secondary N) is 2. The molecule has 2 N–H and O–H groups in total. The number of anilines is 2. The second-order valence-electron chi connectivity index (χ2n) is 7.51. The van der Waals surface area contributed by atoms with Crippen LogP contribution in [0.1, 0.15) is 36.8 Å². The fourth-order valence-corrected chi connectivity index (χ4v) is 4.57. The van der Waals surface area contributed by atoms with Gasteiger partial charge in [-0.1, -0.05) is 11.3 Å². The SMILES string of the molecule is COCC(C)n1c(C)cc(/C=C(/C#N)C(=O)Nc2nc3ccc(NC(C)=O)cc3s2)c1C. The smallest absolute Gasteiger partial charge is 0.268 e. The number of nitrogens with zero attached hydrogens (tertiary/aromatic N) is 3. The van der Waals surface area contributed by atoms with Gasteiger partial charge in [-0.05, 0) is 56.7 Å². The number of benzene rings is 1. The van der Waals surface area contributed by atoms with Gasteiger partial charge in [-0.15, -0.1) is 0 Å². The van der Waals surface area contributed by atoms with Crippen LogP contribution < -0.4 is 10.6 Å². The summed E-state index contributed by atoms with van der Waals surface area (Å²) in [5.74, 6) is -0.689. The molecular formula is C23H25N5O3S. The van der Waals surface area contributed by atoms with E-state index in [-0.39, 0.29) is 17.5 Å². The van der Waals surface area contributed by atoms with E-state index in [4.69, 9.17) is 4.74 Å². The molecule has 0 saturated carbocycles. The van der Waals surface area contributed by atoms with Crippen molar-refractivity contribution in [1.82, 2.24) is 9.55 Å². The van der Waals surface area contributed by atoms with Crippen LogP contribution in [0.25, 0.3) is 16.3 Å². The molecule has 0 saturated heterocycles. The highest BCUT2D eigenvalue weighted by Gasteiger charge is 2.17. The first-order valence-corrected chi connectivity index (χ1v) is 10.8. The van der Waals surface area contributed by atoms with Crippen molar-refractivity contribution in [3.63, 3.8) is 0 Å². The van der Waals surface area contributed by atoms with E-state index in [1.165, 1.54) is 18.3 Å². The Hall–Kier alpha value is -3.48. The molecule has 1 aromatic carbocycles. The Balaban J connectivity index is 1.84. The molecule has 166 valence electrons. The molecule has 1 unspecified atom stereocenters. The molecule has 0 fully saturated rings. The second kappa shape index (κ2) is 9.77. The molecule has 9 heteroatoms. The van der Waals surface area contributed by atoms with Gasteiger partial charge in [0.1, 0.15) is 11.6 Å². The highest BCUT2D eigenvalue weighted by Crippen LogP contribution is 2.29. The van der Waals surface area contributed by atoms with Crippen LogP contribution in [-0.4, -0.2) is 35.1 Å². The summed E-state index contributed by atoms with van der Waals surface area (Å²) in [6.45, 7) is 8.00.